The monoisotopic (exact) mass is 632 g/mol. The van der Waals surface area contributed by atoms with Gasteiger partial charge in [0.25, 0.3) is 0 Å². The van der Waals surface area contributed by atoms with Gasteiger partial charge in [0.15, 0.2) is 0 Å². The molecule has 0 bridgehead atoms. The SMILES string of the molecule is O=C(C=C(C(F)(F)F)C(F)(F)F)N[C@@](Cc1ccccc1)(c1cc(F)cc(OC(F)(F)C(F)F)c1)c1ccc(Cl)cn1. The molecule has 0 unspecified atom stereocenters. The Hall–Kier alpha value is -3.88. The fourth-order valence-corrected chi connectivity index (χ4v) is 3.93. The number of benzene rings is 2. The van der Waals surface area contributed by atoms with Gasteiger partial charge in [0, 0.05) is 24.8 Å². The Labute approximate surface area is 234 Å². The summed E-state index contributed by atoms with van der Waals surface area (Å²) in [5, 5.41) is 1.95. The highest BCUT2D eigenvalue weighted by Crippen LogP contribution is 2.40. The Bertz CT molecular complexity index is 1410. The number of allylic oxidation sites excluding steroid dienone is 1. The van der Waals surface area contributed by atoms with E-state index in [0.717, 1.165) is 18.3 Å². The third kappa shape index (κ3) is 7.89. The van der Waals surface area contributed by atoms with Gasteiger partial charge in [-0.25, -0.2) is 4.39 Å². The maximum atomic E-state index is 14.7. The largest absolute Gasteiger partial charge is 0.461 e. The van der Waals surface area contributed by atoms with Crippen LogP contribution in [0.5, 0.6) is 5.75 Å². The van der Waals surface area contributed by atoms with Gasteiger partial charge in [-0.2, -0.15) is 43.9 Å². The zero-order valence-corrected chi connectivity index (χ0v) is 21.3. The number of pyridine rings is 1. The van der Waals surface area contributed by atoms with Crippen LogP contribution in [0.25, 0.3) is 0 Å². The van der Waals surface area contributed by atoms with Crippen LogP contribution in [0, 0.1) is 5.82 Å². The number of carbonyl (C=O) groups is 1. The van der Waals surface area contributed by atoms with Crippen LogP contribution in [0.2, 0.25) is 5.02 Å². The van der Waals surface area contributed by atoms with E-state index in [-0.39, 0.29) is 22.3 Å². The summed E-state index contributed by atoms with van der Waals surface area (Å²) in [7, 11) is 0. The number of carbonyl (C=O) groups excluding carboxylic acids is 1. The van der Waals surface area contributed by atoms with Gasteiger partial charge in [-0.05, 0) is 35.4 Å². The second-order valence-corrected chi connectivity index (χ2v) is 9.05. The van der Waals surface area contributed by atoms with Crippen molar-refractivity contribution in [2.45, 2.75) is 36.8 Å². The van der Waals surface area contributed by atoms with E-state index in [1.807, 2.05) is 5.32 Å². The van der Waals surface area contributed by atoms with Gasteiger partial charge in [-0.3, -0.25) is 9.78 Å². The van der Waals surface area contributed by atoms with E-state index < -0.39 is 71.5 Å². The average molecular weight is 633 g/mol. The number of halogens is 12. The van der Waals surface area contributed by atoms with Crippen molar-refractivity contribution in [3.63, 3.8) is 0 Å². The van der Waals surface area contributed by atoms with E-state index in [1.165, 1.54) is 30.3 Å². The third-order valence-electron chi connectivity index (χ3n) is 5.57. The van der Waals surface area contributed by atoms with Gasteiger partial charge in [-0.15, -0.1) is 0 Å². The normalized spacial score (nSPS) is 13.8. The van der Waals surface area contributed by atoms with Crippen LogP contribution < -0.4 is 10.1 Å². The molecule has 1 atom stereocenters. The predicted octanol–water partition coefficient (Wildman–Crippen LogP) is 7.76. The topological polar surface area (TPSA) is 51.2 Å². The first-order chi connectivity index (χ1) is 19.3. The average Bonchev–Trinajstić information content (AvgIpc) is 2.86. The second kappa shape index (κ2) is 12.2. The molecular weight excluding hydrogens is 617 g/mol. The molecule has 4 nitrogen and oxygen atoms in total. The number of hydrogen-bond donors (Lipinski definition) is 1. The molecule has 0 aliphatic carbocycles. The van der Waals surface area contributed by atoms with Crippen LogP contribution in [-0.2, 0) is 16.8 Å². The smallest absolute Gasteiger partial charge is 0.428 e. The summed E-state index contributed by atoms with van der Waals surface area (Å²) in [4.78, 5) is 16.8. The van der Waals surface area contributed by atoms with Crippen LogP contribution in [0.3, 0.4) is 0 Å². The van der Waals surface area contributed by atoms with E-state index >= 15 is 0 Å². The minimum absolute atomic E-state index is 0.0187. The first-order valence-corrected chi connectivity index (χ1v) is 11.7. The molecule has 16 heteroatoms. The lowest BCUT2D eigenvalue weighted by Crippen LogP contribution is -2.49. The van der Waals surface area contributed by atoms with Crippen molar-refractivity contribution >= 4 is 17.5 Å². The minimum Gasteiger partial charge on any atom is -0.428 e. The minimum atomic E-state index is -6.03. The van der Waals surface area contributed by atoms with E-state index in [0.29, 0.717) is 12.1 Å². The molecule has 226 valence electrons. The number of alkyl halides is 10. The van der Waals surface area contributed by atoms with E-state index in [1.54, 1.807) is 0 Å². The molecule has 0 fully saturated rings. The number of amides is 1. The van der Waals surface area contributed by atoms with Crippen molar-refractivity contribution in [2.24, 2.45) is 0 Å². The van der Waals surface area contributed by atoms with Gasteiger partial charge in [0.2, 0.25) is 5.91 Å². The molecule has 0 radical (unpaired) electrons. The van der Waals surface area contributed by atoms with Gasteiger partial charge >= 0.3 is 24.9 Å². The van der Waals surface area contributed by atoms with Crippen LogP contribution in [0.4, 0.5) is 48.3 Å². The van der Waals surface area contributed by atoms with Gasteiger partial charge < -0.3 is 10.1 Å². The quantitative estimate of drug-likeness (QED) is 0.194. The number of ether oxygens (including phenoxy) is 1. The fourth-order valence-electron chi connectivity index (χ4n) is 3.82. The van der Waals surface area contributed by atoms with Crippen LogP contribution in [-0.4, -0.2) is 35.8 Å². The molecule has 0 aliphatic heterocycles. The van der Waals surface area contributed by atoms with Crippen molar-refractivity contribution in [1.82, 2.24) is 10.3 Å². The number of aromatic nitrogens is 1. The molecule has 1 amide bonds. The highest BCUT2D eigenvalue weighted by atomic mass is 35.5. The van der Waals surface area contributed by atoms with Gasteiger partial charge in [0.05, 0.1) is 10.7 Å². The molecule has 3 rings (SSSR count). The molecule has 0 saturated carbocycles. The molecule has 1 heterocycles. The van der Waals surface area contributed by atoms with Gasteiger partial charge in [0.1, 0.15) is 22.7 Å². The molecule has 1 N–H and O–H groups in total. The molecule has 0 aliphatic rings. The summed E-state index contributed by atoms with van der Waals surface area (Å²) in [6, 6.07) is 10.9. The van der Waals surface area contributed by atoms with Crippen LogP contribution in [0.1, 0.15) is 16.8 Å². The first kappa shape index (κ1) is 32.6. The number of hydrogen-bond acceptors (Lipinski definition) is 3. The van der Waals surface area contributed by atoms with Gasteiger partial charge in [-0.1, -0.05) is 41.9 Å². The van der Waals surface area contributed by atoms with E-state index in [2.05, 4.69) is 9.72 Å². The summed E-state index contributed by atoms with van der Waals surface area (Å²) in [6.07, 6.45) is -22.0. The molecule has 0 saturated heterocycles. The fraction of sp³-hybridized carbons (Fsp3) is 0.231. The third-order valence-corrected chi connectivity index (χ3v) is 5.80. The maximum Gasteiger partial charge on any atom is 0.461 e. The number of rotatable bonds is 9. The molecule has 3 aromatic rings. The predicted molar refractivity (Wildman–Crippen MR) is 126 cm³/mol. The molecule has 0 spiro atoms. The van der Waals surface area contributed by atoms with Crippen molar-refractivity contribution in [1.29, 1.82) is 0 Å². The van der Waals surface area contributed by atoms with Crippen molar-refractivity contribution < 1.29 is 57.8 Å². The molecule has 42 heavy (non-hydrogen) atoms. The summed E-state index contributed by atoms with van der Waals surface area (Å²) in [5.74, 6) is -4.62. The molecule has 1 aromatic heterocycles. The second-order valence-electron chi connectivity index (χ2n) is 8.61. The van der Waals surface area contributed by atoms with E-state index in [9.17, 15) is 53.1 Å². The Morgan fingerprint density at radius 2 is 1.55 bits per heavy atom. The zero-order chi connectivity index (χ0) is 31.5. The Morgan fingerprint density at radius 1 is 0.929 bits per heavy atom. The molecule has 2 aromatic carbocycles. The lowest BCUT2D eigenvalue weighted by molar-refractivity contribution is -0.253. The summed E-state index contributed by atoms with van der Waals surface area (Å²) in [6.45, 7) is 0. The van der Waals surface area contributed by atoms with Crippen molar-refractivity contribution in [2.75, 3.05) is 0 Å². The van der Waals surface area contributed by atoms with Crippen molar-refractivity contribution in [3.05, 3.63) is 106 Å². The van der Waals surface area contributed by atoms with E-state index in [4.69, 9.17) is 11.6 Å². The maximum absolute atomic E-state index is 14.7. The van der Waals surface area contributed by atoms with Crippen LogP contribution >= 0.6 is 11.6 Å². The Kier molecular flexibility index (Phi) is 9.44. The Balaban J connectivity index is 2.32. The molecular formula is C26H16ClF11N2O2. The van der Waals surface area contributed by atoms with Crippen LogP contribution in [0.15, 0.2) is 78.5 Å². The summed E-state index contributed by atoms with van der Waals surface area (Å²) >= 11 is 5.85. The first-order valence-electron chi connectivity index (χ1n) is 11.3. The standard InChI is InChI=1S/C26H16ClF11N2O2/c27-16-6-7-20(39-13-16)23(12-14-4-2-1-3-5-14,40-21(41)11-19(24(31,32)33)25(34,35)36)15-8-17(28)10-18(9-15)42-26(37,38)22(29)30/h1-11,13,22H,12H2,(H,40,41)/t23-/m0/s1. The lowest BCUT2D eigenvalue weighted by atomic mass is 9.80. The highest BCUT2D eigenvalue weighted by Gasteiger charge is 2.52. The number of nitrogens with zero attached hydrogens (tertiary/aromatic N) is 1. The number of nitrogens with one attached hydrogen (secondary N) is 1. The highest BCUT2D eigenvalue weighted by molar-refractivity contribution is 6.30. The lowest BCUT2D eigenvalue weighted by Gasteiger charge is -2.35. The summed E-state index contributed by atoms with van der Waals surface area (Å²) < 4.78 is 151. The Morgan fingerprint density at radius 3 is 2.07 bits per heavy atom. The zero-order valence-electron chi connectivity index (χ0n) is 20.5. The van der Waals surface area contributed by atoms with Crippen molar-refractivity contribution in [3.8, 4) is 5.75 Å². The summed E-state index contributed by atoms with van der Waals surface area (Å²) in [5.41, 5.74) is -6.36.